The molecule has 158 valence electrons. The smallest absolute Gasteiger partial charge is 0.343 e. The molecular weight excluding hydrogens is 423 g/mol. The van der Waals surface area contributed by atoms with E-state index in [1.807, 2.05) is 0 Å². The van der Waals surface area contributed by atoms with Gasteiger partial charge in [-0.05, 0) is 48.5 Å². The zero-order valence-corrected chi connectivity index (χ0v) is 17.2. The molecular formula is C22H17FN2O5S. The van der Waals surface area contributed by atoms with Crippen LogP contribution in [0.2, 0.25) is 0 Å². The normalized spacial score (nSPS) is 14.8. The van der Waals surface area contributed by atoms with Crippen molar-refractivity contribution in [3.05, 3.63) is 84.2 Å². The molecule has 1 aliphatic heterocycles. The van der Waals surface area contributed by atoms with Crippen molar-refractivity contribution in [1.29, 1.82) is 0 Å². The van der Waals surface area contributed by atoms with E-state index in [1.165, 1.54) is 49.6 Å². The molecule has 9 heteroatoms. The van der Waals surface area contributed by atoms with Crippen LogP contribution in [0.4, 0.5) is 20.6 Å². The Labute approximate surface area is 178 Å². The monoisotopic (exact) mass is 440 g/mol. The lowest BCUT2D eigenvalue weighted by Gasteiger charge is -2.36. The van der Waals surface area contributed by atoms with Crippen LogP contribution in [0, 0.1) is 5.82 Å². The number of urea groups is 1. The lowest BCUT2D eigenvalue weighted by atomic mass is 10.1. The van der Waals surface area contributed by atoms with Crippen LogP contribution < -0.4 is 13.9 Å². The van der Waals surface area contributed by atoms with Gasteiger partial charge in [-0.2, -0.15) is 4.31 Å². The minimum absolute atomic E-state index is 0.0312. The minimum atomic E-state index is -4.26. The number of anilines is 2. The quantitative estimate of drug-likeness (QED) is 0.563. The standard InChI is InChI=1S/C22H17FN2O5S/c1-30-20-8-4-2-6-17(20)25-22(27)24(14-19(26)15-10-12-16(23)13-11-15)18-7-3-5-9-21(18)31(25,28)29/h2-13H,14H2,1H3. The van der Waals surface area contributed by atoms with Gasteiger partial charge in [0.1, 0.15) is 22.1 Å². The number of sulfonamides is 1. The average molecular weight is 440 g/mol. The Kier molecular flexibility index (Phi) is 5.20. The fraction of sp³-hybridized carbons (Fsp3) is 0.0909. The van der Waals surface area contributed by atoms with Crippen LogP contribution in [-0.2, 0) is 10.0 Å². The molecule has 1 heterocycles. The van der Waals surface area contributed by atoms with Gasteiger partial charge in [0.2, 0.25) is 0 Å². The van der Waals surface area contributed by atoms with E-state index in [0.717, 1.165) is 17.0 Å². The molecule has 0 aliphatic carbocycles. The summed E-state index contributed by atoms with van der Waals surface area (Å²) < 4.78 is 45.7. The maximum absolute atomic E-state index is 13.4. The summed E-state index contributed by atoms with van der Waals surface area (Å²) in [5.41, 5.74) is 0.321. The van der Waals surface area contributed by atoms with Crippen LogP contribution in [0.1, 0.15) is 10.4 Å². The SMILES string of the molecule is COc1ccccc1N1C(=O)N(CC(=O)c2ccc(F)cc2)c2ccccc2S1(=O)=O. The Morgan fingerprint density at radius 1 is 0.935 bits per heavy atom. The second-order valence-corrected chi connectivity index (χ2v) is 8.46. The number of fused-ring (bicyclic) bond motifs is 1. The molecule has 0 saturated heterocycles. The van der Waals surface area contributed by atoms with E-state index >= 15 is 0 Å². The van der Waals surface area contributed by atoms with Crippen molar-refractivity contribution in [2.24, 2.45) is 0 Å². The zero-order chi connectivity index (χ0) is 22.2. The van der Waals surface area contributed by atoms with E-state index in [0.29, 0.717) is 4.31 Å². The van der Waals surface area contributed by atoms with Gasteiger partial charge >= 0.3 is 6.03 Å². The van der Waals surface area contributed by atoms with E-state index in [9.17, 15) is 22.4 Å². The number of benzene rings is 3. The molecule has 0 spiro atoms. The number of carbonyl (C=O) groups is 2. The summed E-state index contributed by atoms with van der Waals surface area (Å²) in [5.74, 6) is -0.782. The van der Waals surface area contributed by atoms with Crippen molar-refractivity contribution >= 4 is 33.2 Å². The summed E-state index contributed by atoms with van der Waals surface area (Å²) >= 11 is 0. The molecule has 2 amide bonds. The molecule has 0 radical (unpaired) electrons. The lowest BCUT2D eigenvalue weighted by Crippen LogP contribution is -2.52. The van der Waals surface area contributed by atoms with E-state index in [1.54, 1.807) is 18.2 Å². The summed E-state index contributed by atoms with van der Waals surface area (Å²) in [6.45, 7) is -0.428. The fourth-order valence-corrected chi connectivity index (χ4v) is 4.97. The first-order chi connectivity index (χ1) is 14.8. The first kappa shape index (κ1) is 20.5. The second kappa shape index (κ2) is 7.84. The number of methoxy groups -OCH3 is 1. The van der Waals surface area contributed by atoms with Gasteiger partial charge in [-0.3, -0.25) is 9.69 Å². The molecule has 0 atom stereocenters. The maximum Gasteiger partial charge on any atom is 0.343 e. The van der Waals surface area contributed by atoms with Crippen LogP contribution in [0.15, 0.2) is 77.7 Å². The van der Waals surface area contributed by atoms with Gasteiger partial charge in [0.05, 0.1) is 19.3 Å². The Morgan fingerprint density at radius 2 is 1.55 bits per heavy atom. The molecule has 0 fully saturated rings. The molecule has 1 aliphatic rings. The number of halogens is 1. The number of Topliss-reactive ketones (excluding diaryl/α,β-unsaturated/α-hetero) is 1. The average Bonchev–Trinajstić information content (AvgIpc) is 2.77. The Bertz CT molecular complexity index is 1280. The first-order valence-electron chi connectivity index (χ1n) is 9.22. The maximum atomic E-state index is 13.4. The van der Waals surface area contributed by atoms with Gasteiger partial charge in [-0.15, -0.1) is 0 Å². The molecule has 3 aromatic rings. The van der Waals surface area contributed by atoms with E-state index in [2.05, 4.69) is 0 Å². The van der Waals surface area contributed by atoms with Crippen molar-refractivity contribution in [2.75, 3.05) is 22.9 Å². The van der Waals surface area contributed by atoms with E-state index < -0.39 is 34.2 Å². The van der Waals surface area contributed by atoms with Gasteiger partial charge in [0.15, 0.2) is 5.78 Å². The third-order valence-electron chi connectivity index (χ3n) is 4.85. The molecule has 0 unspecified atom stereocenters. The lowest BCUT2D eigenvalue weighted by molar-refractivity contribution is 0.0999. The third-order valence-corrected chi connectivity index (χ3v) is 6.59. The number of hydrogen-bond donors (Lipinski definition) is 0. The summed E-state index contributed by atoms with van der Waals surface area (Å²) in [6, 6.07) is 16.1. The third kappa shape index (κ3) is 3.53. The highest BCUT2D eigenvalue weighted by Crippen LogP contribution is 2.40. The van der Waals surface area contributed by atoms with Gasteiger partial charge in [-0.25, -0.2) is 17.6 Å². The van der Waals surface area contributed by atoms with Crippen LogP contribution in [-0.4, -0.2) is 33.9 Å². The van der Waals surface area contributed by atoms with Gasteiger partial charge in [0, 0.05) is 5.56 Å². The van der Waals surface area contributed by atoms with Crippen molar-refractivity contribution in [1.82, 2.24) is 0 Å². The number of ether oxygens (including phenoxy) is 1. The molecule has 0 saturated carbocycles. The van der Waals surface area contributed by atoms with Crippen LogP contribution >= 0.6 is 0 Å². The zero-order valence-electron chi connectivity index (χ0n) is 16.4. The number of hydrogen-bond acceptors (Lipinski definition) is 5. The number of rotatable bonds is 5. The van der Waals surface area contributed by atoms with Gasteiger partial charge in [-0.1, -0.05) is 24.3 Å². The summed E-state index contributed by atoms with van der Waals surface area (Å²) in [5, 5.41) is 0. The molecule has 4 rings (SSSR count). The minimum Gasteiger partial charge on any atom is -0.495 e. The predicted octanol–water partition coefficient (Wildman–Crippen LogP) is 3.85. The van der Waals surface area contributed by atoms with Crippen molar-refractivity contribution in [3.63, 3.8) is 0 Å². The Balaban J connectivity index is 1.83. The van der Waals surface area contributed by atoms with Crippen LogP contribution in [0.5, 0.6) is 5.75 Å². The van der Waals surface area contributed by atoms with E-state index in [-0.39, 0.29) is 27.6 Å². The van der Waals surface area contributed by atoms with Gasteiger partial charge < -0.3 is 4.74 Å². The number of carbonyl (C=O) groups excluding carboxylic acids is 2. The topological polar surface area (TPSA) is 84.0 Å². The molecule has 3 aromatic carbocycles. The summed E-state index contributed by atoms with van der Waals surface area (Å²) in [4.78, 5) is 27.2. The Hall–Kier alpha value is -3.72. The highest BCUT2D eigenvalue weighted by molar-refractivity contribution is 7.94. The van der Waals surface area contributed by atoms with Gasteiger partial charge in [0.25, 0.3) is 10.0 Å². The van der Waals surface area contributed by atoms with Crippen LogP contribution in [0.3, 0.4) is 0 Å². The Morgan fingerprint density at radius 3 is 2.23 bits per heavy atom. The summed E-state index contributed by atoms with van der Waals surface area (Å²) in [6.07, 6.45) is 0. The summed E-state index contributed by atoms with van der Waals surface area (Å²) in [7, 11) is -2.89. The van der Waals surface area contributed by atoms with Crippen LogP contribution in [0.25, 0.3) is 0 Å². The van der Waals surface area contributed by atoms with Crippen molar-refractivity contribution in [2.45, 2.75) is 4.90 Å². The largest absolute Gasteiger partial charge is 0.495 e. The molecule has 31 heavy (non-hydrogen) atoms. The molecule has 0 N–H and O–H groups in total. The van der Waals surface area contributed by atoms with Crippen molar-refractivity contribution < 1.29 is 27.1 Å². The first-order valence-corrected chi connectivity index (χ1v) is 10.7. The highest BCUT2D eigenvalue weighted by atomic mass is 32.2. The second-order valence-electron chi connectivity index (χ2n) is 6.71. The molecule has 7 nitrogen and oxygen atoms in total. The number of nitrogens with zero attached hydrogens (tertiary/aromatic N) is 2. The predicted molar refractivity (Wildman–Crippen MR) is 113 cm³/mol. The molecule has 0 aromatic heterocycles. The number of ketones is 1. The number of amides is 2. The molecule has 0 bridgehead atoms. The number of para-hydroxylation sites is 3. The van der Waals surface area contributed by atoms with E-state index in [4.69, 9.17) is 4.74 Å². The fourth-order valence-electron chi connectivity index (χ4n) is 3.37. The highest BCUT2D eigenvalue weighted by Gasteiger charge is 2.44. The van der Waals surface area contributed by atoms with Crippen molar-refractivity contribution in [3.8, 4) is 5.75 Å².